The second-order valence-electron chi connectivity index (χ2n) is 4.49. The lowest BCUT2D eigenvalue weighted by Gasteiger charge is -2.04. The maximum absolute atomic E-state index is 10.9. The first kappa shape index (κ1) is 13.3. The lowest BCUT2D eigenvalue weighted by molar-refractivity contribution is -0.385. The lowest BCUT2D eigenvalue weighted by Crippen LogP contribution is -2.02. The molecule has 0 aliphatic rings. The molecule has 0 fully saturated rings. The number of nitro benzene ring substituents is 1. The van der Waals surface area contributed by atoms with Crippen LogP contribution in [0.3, 0.4) is 0 Å². The predicted octanol–water partition coefficient (Wildman–Crippen LogP) is 2.69. The maximum Gasteiger partial charge on any atom is 0.272 e. The second-order valence-corrected chi connectivity index (χ2v) is 4.49. The highest BCUT2D eigenvalue weighted by Crippen LogP contribution is 2.19. The van der Waals surface area contributed by atoms with Crippen LogP contribution in [-0.4, -0.2) is 14.6 Å². The number of aliphatic hydroxyl groups excluding tert-OH is 1. The molecule has 2 aromatic rings. The number of aliphatic hydroxyl groups is 1. The van der Waals surface area contributed by atoms with E-state index in [1.165, 1.54) is 6.07 Å². The van der Waals surface area contributed by atoms with Gasteiger partial charge in [0.25, 0.3) is 5.69 Å². The Kier molecular flexibility index (Phi) is 3.97. The van der Waals surface area contributed by atoms with Crippen LogP contribution >= 0.6 is 0 Å². The largest absolute Gasteiger partial charge is 0.389 e. The molecule has 100 valence electrons. The van der Waals surface area contributed by atoms with Crippen molar-refractivity contribution in [2.24, 2.45) is 0 Å². The molecule has 0 aliphatic heterocycles. The Morgan fingerprint density at radius 1 is 1.37 bits per heavy atom. The number of hydrogen-bond acceptors (Lipinski definition) is 3. The van der Waals surface area contributed by atoms with Crippen molar-refractivity contribution in [1.29, 1.82) is 0 Å². The van der Waals surface area contributed by atoms with Gasteiger partial charge in [-0.3, -0.25) is 10.1 Å². The van der Waals surface area contributed by atoms with Crippen molar-refractivity contribution in [2.75, 3.05) is 0 Å². The van der Waals surface area contributed by atoms with Crippen LogP contribution in [0, 0.1) is 10.1 Å². The number of nitro groups is 1. The molecule has 1 heterocycles. The van der Waals surface area contributed by atoms with Gasteiger partial charge in [0.1, 0.15) is 0 Å². The Balaban J connectivity index is 2.08. The average Bonchev–Trinajstić information content (AvgIpc) is 2.85. The van der Waals surface area contributed by atoms with E-state index in [0.29, 0.717) is 13.0 Å². The summed E-state index contributed by atoms with van der Waals surface area (Å²) in [5, 5.41) is 20.3. The lowest BCUT2D eigenvalue weighted by atomic mass is 10.1. The first-order chi connectivity index (χ1) is 9.08. The van der Waals surface area contributed by atoms with Gasteiger partial charge in [0.15, 0.2) is 0 Å². The Morgan fingerprint density at radius 3 is 2.74 bits per heavy atom. The first-order valence-electron chi connectivity index (χ1n) is 6.14. The zero-order valence-electron chi connectivity index (χ0n) is 10.7. The highest BCUT2D eigenvalue weighted by atomic mass is 16.6. The standard InChI is InChI=1S/C14H16N2O3/c1-11(17)13-7-9-15(10-13)8-6-12-4-2-3-5-14(12)16(18)19/h2-5,7,9-11,17H,6,8H2,1H3. The van der Waals surface area contributed by atoms with Crippen molar-refractivity contribution in [1.82, 2.24) is 4.57 Å². The molecule has 0 radical (unpaired) electrons. The van der Waals surface area contributed by atoms with E-state index in [9.17, 15) is 15.2 Å². The maximum atomic E-state index is 10.9. The Hall–Kier alpha value is -2.14. The number of rotatable bonds is 5. The second kappa shape index (κ2) is 5.67. The molecule has 0 bridgehead atoms. The number of nitrogens with zero attached hydrogens (tertiary/aromatic N) is 2. The molecule has 0 saturated heterocycles. The van der Waals surface area contributed by atoms with Gasteiger partial charge in [0.05, 0.1) is 11.0 Å². The summed E-state index contributed by atoms with van der Waals surface area (Å²) in [5.74, 6) is 0. The fourth-order valence-corrected chi connectivity index (χ4v) is 2.00. The summed E-state index contributed by atoms with van der Waals surface area (Å²) in [6.45, 7) is 2.36. The van der Waals surface area contributed by atoms with Crippen LogP contribution in [0.5, 0.6) is 0 Å². The quantitative estimate of drug-likeness (QED) is 0.663. The fraction of sp³-hybridized carbons (Fsp3) is 0.286. The number of para-hydroxylation sites is 1. The monoisotopic (exact) mass is 260 g/mol. The van der Waals surface area contributed by atoms with Gasteiger partial charge in [0.2, 0.25) is 0 Å². The van der Waals surface area contributed by atoms with Crippen molar-refractivity contribution >= 4 is 5.69 Å². The van der Waals surface area contributed by atoms with Crippen LogP contribution in [-0.2, 0) is 13.0 Å². The molecule has 2 rings (SSSR count). The summed E-state index contributed by atoms with van der Waals surface area (Å²) in [5.41, 5.74) is 1.73. The van der Waals surface area contributed by atoms with Crippen molar-refractivity contribution in [3.05, 3.63) is 64.0 Å². The highest BCUT2D eigenvalue weighted by Gasteiger charge is 2.12. The summed E-state index contributed by atoms with van der Waals surface area (Å²) >= 11 is 0. The number of benzene rings is 1. The number of hydrogen-bond donors (Lipinski definition) is 1. The molecule has 5 heteroatoms. The van der Waals surface area contributed by atoms with Crippen LogP contribution in [0.2, 0.25) is 0 Å². The van der Waals surface area contributed by atoms with Gasteiger partial charge in [-0.2, -0.15) is 0 Å². The van der Waals surface area contributed by atoms with Gasteiger partial charge < -0.3 is 9.67 Å². The van der Waals surface area contributed by atoms with Crippen molar-refractivity contribution < 1.29 is 10.0 Å². The van der Waals surface area contributed by atoms with Crippen LogP contribution in [0.4, 0.5) is 5.69 Å². The van der Waals surface area contributed by atoms with Crippen LogP contribution in [0.25, 0.3) is 0 Å². The van der Waals surface area contributed by atoms with E-state index in [0.717, 1.165) is 11.1 Å². The van der Waals surface area contributed by atoms with Crippen molar-refractivity contribution in [3.8, 4) is 0 Å². The molecular formula is C14H16N2O3. The Labute approximate surface area is 111 Å². The number of aryl methyl sites for hydroxylation is 2. The summed E-state index contributed by atoms with van der Waals surface area (Å²) in [4.78, 5) is 10.5. The van der Waals surface area contributed by atoms with Gasteiger partial charge in [-0.05, 0) is 25.0 Å². The normalized spacial score (nSPS) is 12.3. The minimum absolute atomic E-state index is 0.158. The third-order valence-corrected chi connectivity index (χ3v) is 3.08. The van der Waals surface area contributed by atoms with E-state index in [1.54, 1.807) is 25.1 Å². The van der Waals surface area contributed by atoms with Gasteiger partial charge in [-0.15, -0.1) is 0 Å². The Bertz CT molecular complexity index is 576. The van der Waals surface area contributed by atoms with E-state index in [4.69, 9.17) is 0 Å². The molecule has 1 unspecified atom stereocenters. The zero-order valence-corrected chi connectivity index (χ0v) is 10.7. The minimum Gasteiger partial charge on any atom is -0.389 e. The van der Waals surface area contributed by atoms with Crippen LogP contribution < -0.4 is 0 Å². The van der Waals surface area contributed by atoms with Crippen LogP contribution in [0.1, 0.15) is 24.2 Å². The SMILES string of the molecule is CC(O)c1ccn(CCc2ccccc2[N+](=O)[O-])c1. The third kappa shape index (κ3) is 3.20. The summed E-state index contributed by atoms with van der Waals surface area (Å²) < 4.78 is 1.93. The molecule has 1 aromatic heterocycles. The minimum atomic E-state index is -0.493. The molecule has 1 N–H and O–H groups in total. The van der Waals surface area contributed by atoms with Gasteiger partial charge in [-0.25, -0.2) is 0 Å². The van der Waals surface area contributed by atoms with E-state index in [-0.39, 0.29) is 10.6 Å². The zero-order chi connectivity index (χ0) is 13.8. The third-order valence-electron chi connectivity index (χ3n) is 3.08. The fourth-order valence-electron chi connectivity index (χ4n) is 2.00. The molecule has 5 nitrogen and oxygen atoms in total. The molecule has 0 amide bonds. The van der Waals surface area contributed by atoms with E-state index in [1.807, 2.05) is 23.0 Å². The molecule has 1 atom stereocenters. The first-order valence-corrected chi connectivity index (χ1v) is 6.14. The summed E-state index contributed by atoms with van der Waals surface area (Å²) in [6.07, 6.45) is 3.83. The van der Waals surface area contributed by atoms with Gasteiger partial charge in [-0.1, -0.05) is 18.2 Å². The smallest absolute Gasteiger partial charge is 0.272 e. The number of aromatic nitrogens is 1. The molecule has 19 heavy (non-hydrogen) atoms. The van der Waals surface area contributed by atoms with Gasteiger partial charge in [0, 0.05) is 30.6 Å². The predicted molar refractivity (Wildman–Crippen MR) is 71.9 cm³/mol. The van der Waals surface area contributed by atoms with Crippen molar-refractivity contribution in [2.45, 2.75) is 26.0 Å². The van der Waals surface area contributed by atoms with E-state index in [2.05, 4.69) is 0 Å². The highest BCUT2D eigenvalue weighted by molar-refractivity contribution is 5.39. The molecule has 0 aliphatic carbocycles. The van der Waals surface area contributed by atoms with E-state index < -0.39 is 6.10 Å². The van der Waals surface area contributed by atoms with Gasteiger partial charge >= 0.3 is 0 Å². The molecular weight excluding hydrogens is 244 g/mol. The summed E-state index contributed by atoms with van der Waals surface area (Å²) in [7, 11) is 0. The van der Waals surface area contributed by atoms with Crippen LogP contribution in [0.15, 0.2) is 42.7 Å². The topological polar surface area (TPSA) is 68.3 Å². The Morgan fingerprint density at radius 2 is 2.11 bits per heavy atom. The molecule has 0 spiro atoms. The van der Waals surface area contributed by atoms with E-state index >= 15 is 0 Å². The average molecular weight is 260 g/mol. The van der Waals surface area contributed by atoms with Crippen molar-refractivity contribution in [3.63, 3.8) is 0 Å². The molecule has 1 aromatic carbocycles. The molecule has 0 saturated carbocycles. The summed E-state index contributed by atoms with van der Waals surface area (Å²) in [6, 6.07) is 8.62.